The first kappa shape index (κ1) is 20.8. The van der Waals surface area contributed by atoms with Crippen molar-refractivity contribution in [3.05, 3.63) is 58.1 Å². The average Bonchev–Trinajstić information content (AvgIpc) is 3.00. The second-order valence-corrected chi connectivity index (χ2v) is 8.85. The van der Waals surface area contributed by atoms with Gasteiger partial charge >= 0.3 is 0 Å². The molecule has 1 aliphatic rings. The summed E-state index contributed by atoms with van der Waals surface area (Å²) < 4.78 is 27.3. The molecule has 1 heterocycles. The molecular weight excluding hydrogens is 392 g/mol. The molecule has 3 rings (SSSR count). The summed E-state index contributed by atoms with van der Waals surface area (Å²) in [5, 5.41) is 23.3. The Labute approximate surface area is 170 Å². The minimum Gasteiger partial charge on any atom is -0.350 e. The number of hydrogen-bond acceptors (Lipinski definition) is 6. The van der Waals surface area contributed by atoms with Gasteiger partial charge in [0.25, 0.3) is 5.69 Å². The number of rotatable bonds is 6. The van der Waals surface area contributed by atoms with Crippen LogP contribution in [0.2, 0.25) is 0 Å². The SMILES string of the molecule is N#CCc1ccc(Nc2ccc(S(=O)(=O)N3CCCCCC3)cc2[N+](=O)[O-])cc1. The predicted octanol–water partition coefficient (Wildman–Crippen LogP) is 3.97. The molecule has 0 unspecified atom stereocenters. The third-order valence-corrected chi connectivity index (χ3v) is 6.78. The number of sulfonamides is 1. The summed E-state index contributed by atoms with van der Waals surface area (Å²) in [6.07, 6.45) is 3.85. The summed E-state index contributed by atoms with van der Waals surface area (Å²) >= 11 is 0. The van der Waals surface area contributed by atoms with Gasteiger partial charge in [0.2, 0.25) is 10.0 Å². The van der Waals surface area contributed by atoms with Crippen LogP contribution in [0.1, 0.15) is 31.2 Å². The first-order valence-corrected chi connectivity index (χ1v) is 10.9. The van der Waals surface area contributed by atoms with Gasteiger partial charge in [0, 0.05) is 24.8 Å². The Morgan fingerprint density at radius 2 is 1.72 bits per heavy atom. The highest BCUT2D eigenvalue weighted by molar-refractivity contribution is 7.89. The zero-order valence-electron chi connectivity index (χ0n) is 15.9. The van der Waals surface area contributed by atoms with Crippen molar-refractivity contribution in [2.75, 3.05) is 18.4 Å². The molecule has 1 fully saturated rings. The Bertz CT molecular complexity index is 1020. The van der Waals surface area contributed by atoms with E-state index in [1.54, 1.807) is 24.3 Å². The maximum absolute atomic E-state index is 12.9. The summed E-state index contributed by atoms with van der Waals surface area (Å²) in [7, 11) is -3.77. The van der Waals surface area contributed by atoms with Crippen molar-refractivity contribution >= 4 is 27.1 Å². The maximum atomic E-state index is 12.9. The van der Waals surface area contributed by atoms with Crippen molar-refractivity contribution in [1.82, 2.24) is 4.31 Å². The fraction of sp³-hybridized carbons (Fsp3) is 0.350. The molecule has 0 spiro atoms. The highest BCUT2D eigenvalue weighted by Gasteiger charge is 2.28. The molecular formula is C20H22N4O4S. The standard InChI is InChI=1S/C20H22N4O4S/c21-12-11-16-5-7-17(8-6-16)22-19-10-9-18(15-20(19)24(25)26)29(27,28)23-13-3-1-2-4-14-23/h5-10,15,22H,1-4,11,13-14H2. The molecule has 8 nitrogen and oxygen atoms in total. The van der Waals surface area contributed by atoms with Crippen LogP contribution in [0.3, 0.4) is 0 Å². The zero-order valence-corrected chi connectivity index (χ0v) is 16.7. The molecule has 0 aliphatic carbocycles. The van der Waals surface area contributed by atoms with Gasteiger partial charge in [-0.05, 0) is 42.7 Å². The van der Waals surface area contributed by atoms with Crippen LogP contribution in [-0.2, 0) is 16.4 Å². The van der Waals surface area contributed by atoms with Gasteiger partial charge in [0.1, 0.15) is 5.69 Å². The second kappa shape index (κ2) is 9.03. The summed E-state index contributed by atoms with van der Waals surface area (Å²) in [6.45, 7) is 0.871. The smallest absolute Gasteiger partial charge is 0.294 e. The first-order valence-electron chi connectivity index (χ1n) is 9.43. The van der Waals surface area contributed by atoms with Gasteiger partial charge in [-0.3, -0.25) is 10.1 Å². The van der Waals surface area contributed by atoms with Crippen LogP contribution < -0.4 is 5.32 Å². The van der Waals surface area contributed by atoms with Crippen LogP contribution in [0.15, 0.2) is 47.4 Å². The summed E-state index contributed by atoms with van der Waals surface area (Å²) in [5.41, 5.74) is 1.35. The highest BCUT2D eigenvalue weighted by Crippen LogP contribution is 2.32. The minimum absolute atomic E-state index is 0.0685. The van der Waals surface area contributed by atoms with Gasteiger partial charge in [-0.25, -0.2) is 8.42 Å². The van der Waals surface area contributed by atoms with Gasteiger partial charge < -0.3 is 5.32 Å². The Morgan fingerprint density at radius 3 is 2.31 bits per heavy atom. The predicted molar refractivity (Wildman–Crippen MR) is 109 cm³/mol. The molecule has 0 radical (unpaired) electrons. The second-order valence-electron chi connectivity index (χ2n) is 6.91. The van der Waals surface area contributed by atoms with Crippen LogP contribution in [0.4, 0.5) is 17.1 Å². The molecule has 0 bridgehead atoms. The molecule has 2 aromatic carbocycles. The number of nitrogens with zero attached hydrogens (tertiary/aromatic N) is 3. The van der Waals surface area contributed by atoms with E-state index < -0.39 is 14.9 Å². The van der Waals surface area contributed by atoms with Crippen LogP contribution in [0, 0.1) is 21.4 Å². The van der Waals surface area contributed by atoms with Crippen molar-refractivity contribution in [3.8, 4) is 6.07 Å². The third-order valence-electron chi connectivity index (χ3n) is 4.88. The summed E-state index contributed by atoms with van der Waals surface area (Å²) in [5.74, 6) is 0. The van der Waals surface area contributed by atoms with Gasteiger partial charge in [0.05, 0.1) is 22.3 Å². The number of nitro benzene ring substituents is 1. The molecule has 0 saturated carbocycles. The maximum Gasteiger partial charge on any atom is 0.294 e. The van der Waals surface area contributed by atoms with Crippen molar-refractivity contribution in [3.63, 3.8) is 0 Å². The Morgan fingerprint density at radius 1 is 1.07 bits per heavy atom. The molecule has 1 N–H and O–H groups in total. The lowest BCUT2D eigenvalue weighted by atomic mass is 10.1. The van der Waals surface area contributed by atoms with E-state index >= 15 is 0 Å². The van der Waals surface area contributed by atoms with Gasteiger partial charge in [-0.2, -0.15) is 9.57 Å². The topological polar surface area (TPSA) is 116 Å². The average molecular weight is 414 g/mol. The van der Waals surface area contributed by atoms with E-state index in [1.807, 2.05) is 0 Å². The largest absolute Gasteiger partial charge is 0.350 e. The quantitative estimate of drug-likeness (QED) is 0.565. The zero-order chi connectivity index (χ0) is 20.9. The molecule has 9 heteroatoms. The van der Waals surface area contributed by atoms with Gasteiger partial charge in [0.15, 0.2) is 0 Å². The molecule has 0 amide bonds. The molecule has 2 aromatic rings. The van der Waals surface area contributed by atoms with Gasteiger partial charge in [-0.1, -0.05) is 25.0 Å². The van der Waals surface area contributed by atoms with Gasteiger partial charge in [-0.15, -0.1) is 0 Å². The van der Waals surface area contributed by atoms with E-state index in [0.29, 0.717) is 18.8 Å². The van der Waals surface area contributed by atoms with E-state index in [0.717, 1.165) is 37.3 Å². The Balaban J connectivity index is 1.88. The molecule has 29 heavy (non-hydrogen) atoms. The van der Waals surface area contributed by atoms with Crippen LogP contribution >= 0.6 is 0 Å². The Kier molecular flexibility index (Phi) is 6.46. The molecule has 1 aliphatic heterocycles. The molecule has 0 atom stereocenters. The van der Waals surface area contributed by atoms with E-state index in [2.05, 4.69) is 11.4 Å². The fourth-order valence-electron chi connectivity index (χ4n) is 3.31. The third kappa shape index (κ3) is 4.91. The summed E-state index contributed by atoms with van der Waals surface area (Å²) in [6, 6.07) is 13.0. The van der Waals surface area contributed by atoms with E-state index in [1.165, 1.54) is 16.4 Å². The number of nitro groups is 1. The van der Waals surface area contributed by atoms with Crippen molar-refractivity contribution < 1.29 is 13.3 Å². The normalized spacial score (nSPS) is 15.3. The number of nitriles is 1. The molecule has 0 aromatic heterocycles. The fourth-order valence-corrected chi connectivity index (χ4v) is 4.85. The highest BCUT2D eigenvalue weighted by atomic mass is 32.2. The van der Waals surface area contributed by atoms with Crippen molar-refractivity contribution in [1.29, 1.82) is 5.26 Å². The minimum atomic E-state index is -3.77. The summed E-state index contributed by atoms with van der Waals surface area (Å²) in [4.78, 5) is 10.9. The molecule has 152 valence electrons. The monoisotopic (exact) mass is 414 g/mol. The lowest BCUT2D eigenvalue weighted by Crippen LogP contribution is -2.32. The Hall–Kier alpha value is -2.96. The van der Waals surface area contributed by atoms with Crippen LogP contribution in [0.5, 0.6) is 0 Å². The molecule has 1 saturated heterocycles. The first-order chi connectivity index (χ1) is 13.9. The number of hydrogen-bond donors (Lipinski definition) is 1. The van der Waals surface area contributed by atoms with Crippen LogP contribution in [0.25, 0.3) is 0 Å². The van der Waals surface area contributed by atoms with E-state index in [4.69, 9.17) is 5.26 Å². The lowest BCUT2D eigenvalue weighted by Gasteiger charge is -2.20. The van der Waals surface area contributed by atoms with Crippen LogP contribution in [-0.4, -0.2) is 30.7 Å². The number of anilines is 2. The number of nitrogens with one attached hydrogen (secondary N) is 1. The van der Waals surface area contributed by atoms with Crippen molar-refractivity contribution in [2.24, 2.45) is 0 Å². The number of benzene rings is 2. The lowest BCUT2D eigenvalue weighted by molar-refractivity contribution is -0.384. The van der Waals surface area contributed by atoms with E-state index in [-0.39, 0.29) is 22.7 Å². The van der Waals surface area contributed by atoms with Crippen molar-refractivity contribution in [2.45, 2.75) is 37.0 Å². The van der Waals surface area contributed by atoms with E-state index in [9.17, 15) is 18.5 Å².